The average molecular weight is 299 g/mol. The number of sulfonamides is 1. The largest absolute Gasteiger partial charge is 0.388 e. The van der Waals surface area contributed by atoms with Crippen molar-refractivity contribution in [3.05, 3.63) is 24.0 Å². The Morgan fingerprint density at radius 1 is 1.53 bits per heavy atom. The van der Waals surface area contributed by atoms with Crippen molar-refractivity contribution in [1.82, 2.24) is 9.71 Å². The summed E-state index contributed by atoms with van der Waals surface area (Å²) in [5.74, 6) is 0.443. The zero-order valence-corrected chi connectivity index (χ0v) is 12.3. The first-order chi connectivity index (χ1) is 8.90. The Morgan fingerprint density at radius 3 is 2.63 bits per heavy atom. The first kappa shape index (κ1) is 14.4. The standard InChI is InChI=1S/C12H17N3O2S2/c1-8(9-3-2-4-9)15-19(16,17)10-5-6-11(12(13)18)14-7-10/h5-9,15H,2-4H2,1H3,(H2,13,18). The van der Waals surface area contributed by atoms with Crippen LogP contribution in [0.5, 0.6) is 0 Å². The van der Waals surface area contributed by atoms with E-state index >= 15 is 0 Å². The van der Waals surface area contributed by atoms with Gasteiger partial charge >= 0.3 is 0 Å². The Kier molecular flexibility index (Phi) is 4.17. The Bertz CT molecular complexity index is 565. The predicted octanol–water partition coefficient (Wildman–Crippen LogP) is 1.18. The van der Waals surface area contributed by atoms with Crippen LogP contribution in [0.4, 0.5) is 0 Å². The smallest absolute Gasteiger partial charge is 0.242 e. The summed E-state index contributed by atoms with van der Waals surface area (Å²) in [7, 11) is -3.52. The zero-order chi connectivity index (χ0) is 14.0. The molecule has 1 atom stereocenters. The normalized spacial score (nSPS) is 17.7. The van der Waals surface area contributed by atoms with Crippen molar-refractivity contribution in [2.45, 2.75) is 37.1 Å². The topological polar surface area (TPSA) is 85.1 Å². The maximum atomic E-state index is 12.2. The van der Waals surface area contributed by atoms with Crippen LogP contribution in [0, 0.1) is 5.92 Å². The summed E-state index contributed by atoms with van der Waals surface area (Å²) < 4.78 is 27.0. The van der Waals surface area contributed by atoms with Crippen LogP contribution in [-0.4, -0.2) is 24.4 Å². The van der Waals surface area contributed by atoms with Crippen LogP contribution in [0.3, 0.4) is 0 Å². The molecule has 1 fully saturated rings. The molecule has 0 amide bonds. The highest BCUT2D eigenvalue weighted by atomic mass is 32.2. The number of rotatable bonds is 5. The van der Waals surface area contributed by atoms with Crippen molar-refractivity contribution in [2.75, 3.05) is 0 Å². The number of hydrogen-bond donors (Lipinski definition) is 2. The maximum absolute atomic E-state index is 12.2. The van der Waals surface area contributed by atoms with Gasteiger partial charge in [0.25, 0.3) is 0 Å². The van der Waals surface area contributed by atoms with Gasteiger partial charge in [0.1, 0.15) is 9.88 Å². The number of aromatic nitrogens is 1. The molecule has 0 spiro atoms. The van der Waals surface area contributed by atoms with E-state index in [2.05, 4.69) is 9.71 Å². The van der Waals surface area contributed by atoms with Crippen LogP contribution in [0.2, 0.25) is 0 Å². The lowest BCUT2D eigenvalue weighted by Gasteiger charge is -2.31. The van der Waals surface area contributed by atoms with E-state index in [0.29, 0.717) is 11.6 Å². The Hall–Kier alpha value is -1.05. The van der Waals surface area contributed by atoms with Gasteiger partial charge in [0.15, 0.2) is 0 Å². The van der Waals surface area contributed by atoms with Gasteiger partial charge in [-0.05, 0) is 37.8 Å². The Labute approximate surface area is 118 Å². The molecule has 1 aromatic heterocycles. The van der Waals surface area contributed by atoms with Crippen LogP contribution in [0.1, 0.15) is 31.9 Å². The molecule has 3 N–H and O–H groups in total. The minimum atomic E-state index is -3.52. The van der Waals surface area contributed by atoms with Crippen molar-refractivity contribution in [3.8, 4) is 0 Å². The van der Waals surface area contributed by atoms with Crippen molar-refractivity contribution in [2.24, 2.45) is 11.7 Å². The summed E-state index contributed by atoms with van der Waals surface area (Å²) in [5.41, 5.74) is 5.84. The van der Waals surface area contributed by atoms with Gasteiger partial charge in [0.2, 0.25) is 10.0 Å². The highest BCUT2D eigenvalue weighted by molar-refractivity contribution is 7.89. The summed E-state index contributed by atoms with van der Waals surface area (Å²) >= 11 is 4.78. The highest BCUT2D eigenvalue weighted by Gasteiger charge is 2.28. The molecule has 1 saturated carbocycles. The lowest BCUT2D eigenvalue weighted by atomic mass is 9.81. The molecule has 7 heteroatoms. The third-order valence-corrected chi connectivity index (χ3v) is 5.25. The zero-order valence-electron chi connectivity index (χ0n) is 10.7. The monoisotopic (exact) mass is 299 g/mol. The molecule has 1 unspecified atom stereocenters. The van der Waals surface area contributed by atoms with Gasteiger partial charge in [-0.2, -0.15) is 0 Å². The minimum absolute atomic E-state index is 0.0472. The number of pyridine rings is 1. The van der Waals surface area contributed by atoms with Gasteiger partial charge in [-0.25, -0.2) is 13.1 Å². The molecule has 2 rings (SSSR count). The van der Waals surface area contributed by atoms with Gasteiger partial charge in [-0.15, -0.1) is 0 Å². The third kappa shape index (κ3) is 3.29. The summed E-state index contributed by atoms with van der Waals surface area (Å²) in [6, 6.07) is 2.94. The second-order valence-electron chi connectivity index (χ2n) is 4.84. The highest BCUT2D eigenvalue weighted by Crippen LogP contribution is 2.30. The van der Waals surface area contributed by atoms with Crippen LogP contribution >= 0.6 is 12.2 Å². The molecule has 19 heavy (non-hydrogen) atoms. The lowest BCUT2D eigenvalue weighted by Crippen LogP contribution is -2.40. The number of nitrogens with one attached hydrogen (secondary N) is 1. The molecule has 0 aromatic carbocycles. The summed E-state index contributed by atoms with van der Waals surface area (Å²) in [6.07, 6.45) is 4.63. The predicted molar refractivity (Wildman–Crippen MR) is 77.2 cm³/mol. The fourth-order valence-electron chi connectivity index (χ4n) is 2.03. The van der Waals surface area contributed by atoms with E-state index in [-0.39, 0.29) is 15.9 Å². The van der Waals surface area contributed by atoms with Crippen LogP contribution in [0.25, 0.3) is 0 Å². The van der Waals surface area contributed by atoms with Crippen LogP contribution < -0.4 is 10.5 Å². The molecule has 5 nitrogen and oxygen atoms in total. The van der Waals surface area contributed by atoms with Crippen molar-refractivity contribution in [1.29, 1.82) is 0 Å². The summed E-state index contributed by atoms with van der Waals surface area (Å²) in [4.78, 5) is 4.24. The number of nitrogens with two attached hydrogens (primary N) is 1. The van der Waals surface area contributed by atoms with Crippen LogP contribution in [-0.2, 0) is 10.0 Å². The molecule has 1 heterocycles. The molecular formula is C12H17N3O2S2. The lowest BCUT2D eigenvalue weighted by molar-refractivity contribution is 0.260. The number of hydrogen-bond acceptors (Lipinski definition) is 4. The molecule has 0 aliphatic heterocycles. The fourth-order valence-corrected chi connectivity index (χ4v) is 3.41. The second-order valence-corrected chi connectivity index (χ2v) is 7.00. The molecular weight excluding hydrogens is 282 g/mol. The van der Waals surface area contributed by atoms with E-state index in [4.69, 9.17) is 18.0 Å². The number of nitrogens with zero attached hydrogens (tertiary/aromatic N) is 1. The molecule has 0 radical (unpaired) electrons. The third-order valence-electron chi connectivity index (χ3n) is 3.50. The van der Waals surface area contributed by atoms with Crippen molar-refractivity contribution < 1.29 is 8.42 Å². The molecule has 1 aliphatic carbocycles. The Balaban J connectivity index is 2.12. The van der Waals surface area contributed by atoms with E-state index in [1.54, 1.807) is 0 Å². The second kappa shape index (κ2) is 5.52. The van der Waals surface area contributed by atoms with Gasteiger partial charge in [-0.3, -0.25) is 4.98 Å². The van der Waals surface area contributed by atoms with Gasteiger partial charge in [-0.1, -0.05) is 18.6 Å². The number of thiocarbonyl (C=S) groups is 1. The van der Waals surface area contributed by atoms with E-state index < -0.39 is 10.0 Å². The van der Waals surface area contributed by atoms with Crippen molar-refractivity contribution in [3.63, 3.8) is 0 Å². The Morgan fingerprint density at radius 2 is 2.21 bits per heavy atom. The first-order valence-corrected chi connectivity index (χ1v) is 8.07. The van der Waals surface area contributed by atoms with Gasteiger partial charge < -0.3 is 5.73 Å². The van der Waals surface area contributed by atoms with E-state index in [1.807, 2.05) is 6.92 Å². The summed E-state index contributed by atoms with van der Waals surface area (Å²) in [6.45, 7) is 1.90. The SMILES string of the molecule is CC(NS(=O)(=O)c1ccc(C(N)=S)nc1)C1CCC1. The van der Waals surface area contributed by atoms with Gasteiger partial charge in [0, 0.05) is 12.2 Å². The van der Waals surface area contributed by atoms with Gasteiger partial charge in [0.05, 0.1) is 5.69 Å². The quantitative estimate of drug-likeness (QED) is 0.798. The fraction of sp³-hybridized carbons (Fsp3) is 0.500. The minimum Gasteiger partial charge on any atom is -0.388 e. The molecule has 0 bridgehead atoms. The van der Waals surface area contributed by atoms with E-state index in [1.165, 1.54) is 24.8 Å². The summed E-state index contributed by atoms with van der Waals surface area (Å²) in [5, 5.41) is 0. The van der Waals surface area contributed by atoms with Crippen LogP contribution in [0.15, 0.2) is 23.2 Å². The average Bonchev–Trinajstić information content (AvgIpc) is 2.25. The van der Waals surface area contributed by atoms with Crippen molar-refractivity contribution >= 4 is 27.2 Å². The maximum Gasteiger partial charge on any atom is 0.242 e. The van der Waals surface area contributed by atoms with E-state index in [9.17, 15) is 8.42 Å². The first-order valence-electron chi connectivity index (χ1n) is 6.18. The molecule has 1 aliphatic rings. The van der Waals surface area contributed by atoms with E-state index in [0.717, 1.165) is 12.8 Å². The molecule has 1 aromatic rings. The molecule has 104 valence electrons. The molecule has 0 saturated heterocycles.